The van der Waals surface area contributed by atoms with Crippen molar-refractivity contribution in [1.82, 2.24) is 10.2 Å². The first kappa shape index (κ1) is 41.8. The molecule has 0 aliphatic rings. The third-order valence-electron chi connectivity index (χ3n) is 4.67. The summed E-state index contributed by atoms with van der Waals surface area (Å²) in [6, 6.07) is 2.78. The monoisotopic (exact) mass is 636 g/mol. The van der Waals surface area contributed by atoms with Crippen molar-refractivity contribution in [2.45, 2.75) is 52.7 Å². The largest absolute Gasteiger partial charge is 0.444 e. The molecule has 0 bridgehead atoms. The summed E-state index contributed by atoms with van der Waals surface area (Å²) in [5.74, 6) is 2.82. The Hall–Kier alpha value is -2.22. The molecule has 0 saturated heterocycles. The molecule has 0 aromatic heterocycles. The van der Waals surface area contributed by atoms with Crippen LogP contribution in [0.1, 0.15) is 41.5 Å². The number of alkyl carbamates (subject to hydrolysis) is 1. The first-order valence-corrected chi connectivity index (χ1v) is 14.9. The quantitative estimate of drug-likeness (QED) is 0.0894. The Morgan fingerprint density at radius 2 is 1.02 bits per heavy atom. The number of nitrogens with one attached hydrogen (secondary N) is 1. The van der Waals surface area contributed by atoms with E-state index in [4.69, 9.17) is 47.4 Å². The second-order valence-corrected chi connectivity index (χ2v) is 11.1. The van der Waals surface area contributed by atoms with Gasteiger partial charge in [0.05, 0.1) is 99.0 Å². The number of carbonyl (C=O) groups is 2. The standard InChI is InChI=1S/C30H56N2O12/c1-29(2,3)43-27(33)31-9-13-37-18-21-41-26-25-40-20-17-36-12-8-10-32(28(34)44-30(4,5)6)11-14-38-19-22-42-24-23-39-16-15-35-7/h9,11-26H2,1-7H3,(H,31,33). The molecule has 0 fully saturated rings. The topological polar surface area (TPSA) is 142 Å². The van der Waals surface area contributed by atoms with Crippen LogP contribution < -0.4 is 5.32 Å². The SMILES string of the molecule is COCCOCCOCCOCCN(C#CCOCCOCCOCCOCCNC(=O)OC(C)(C)C)C(=O)OC(C)(C)C. The number of ether oxygens (including phenoxy) is 10. The first-order valence-electron chi connectivity index (χ1n) is 14.9. The van der Waals surface area contributed by atoms with E-state index in [1.165, 1.54) is 4.90 Å². The van der Waals surface area contributed by atoms with Crippen LogP contribution in [0.25, 0.3) is 0 Å². The molecule has 0 saturated carbocycles. The van der Waals surface area contributed by atoms with Gasteiger partial charge in [-0.25, -0.2) is 14.5 Å². The summed E-state index contributed by atoms with van der Waals surface area (Å²) < 4.78 is 53.5. The summed E-state index contributed by atoms with van der Waals surface area (Å²) >= 11 is 0. The van der Waals surface area contributed by atoms with E-state index in [1.807, 2.05) is 0 Å². The van der Waals surface area contributed by atoms with Crippen molar-refractivity contribution >= 4 is 12.2 Å². The number of nitrogens with zero attached hydrogens (tertiary/aromatic N) is 1. The normalized spacial score (nSPS) is 11.5. The van der Waals surface area contributed by atoms with Gasteiger partial charge in [0.15, 0.2) is 0 Å². The average molecular weight is 637 g/mol. The van der Waals surface area contributed by atoms with Gasteiger partial charge in [-0.15, -0.1) is 0 Å². The van der Waals surface area contributed by atoms with Gasteiger partial charge >= 0.3 is 12.2 Å². The van der Waals surface area contributed by atoms with E-state index in [-0.39, 0.29) is 19.8 Å². The fraction of sp³-hybridized carbons (Fsp3) is 0.867. The van der Waals surface area contributed by atoms with Crippen LogP contribution in [0.5, 0.6) is 0 Å². The second-order valence-electron chi connectivity index (χ2n) is 11.1. The number of hydrogen-bond acceptors (Lipinski definition) is 12. The fourth-order valence-electron chi connectivity index (χ4n) is 2.80. The average Bonchev–Trinajstić information content (AvgIpc) is 2.92. The van der Waals surface area contributed by atoms with Gasteiger partial charge in [-0.05, 0) is 41.5 Å². The van der Waals surface area contributed by atoms with Crippen molar-refractivity contribution in [3.05, 3.63) is 0 Å². The molecule has 0 aliphatic carbocycles. The van der Waals surface area contributed by atoms with Gasteiger partial charge in [0.25, 0.3) is 0 Å². The maximum atomic E-state index is 12.5. The molecule has 44 heavy (non-hydrogen) atoms. The number of rotatable bonds is 25. The Bertz CT molecular complexity index is 775. The smallest absolute Gasteiger partial charge is 0.422 e. The Balaban J connectivity index is 3.91. The summed E-state index contributed by atoms with van der Waals surface area (Å²) in [6.45, 7) is 17.4. The minimum Gasteiger partial charge on any atom is -0.444 e. The van der Waals surface area contributed by atoms with Crippen LogP contribution >= 0.6 is 0 Å². The summed E-state index contributed by atoms with van der Waals surface area (Å²) in [7, 11) is 1.62. The summed E-state index contributed by atoms with van der Waals surface area (Å²) in [5, 5.41) is 2.62. The van der Waals surface area contributed by atoms with Gasteiger partial charge in [-0.3, -0.25) is 0 Å². The lowest BCUT2D eigenvalue weighted by atomic mass is 10.2. The molecule has 14 nitrogen and oxygen atoms in total. The molecule has 0 rings (SSSR count). The van der Waals surface area contributed by atoms with Gasteiger partial charge in [0.2, 0.25) is 0 Å². The number of carbonyl (C=O) groups excluding carboxylic acids is 2. The fourth-order valence-corrected chi connectivity index (χ4v) is 2.80. The Labute approximate surface area is 263 Å². The number of amides is 2. The molecular weight excluding hydrogens is 580 g/mol. The molecule has 1 N–H and O–H groups in total. The zero-order chi connectivity index (χ0) is 32.9. The highest BCUT2D eigenvalue weighted by Gasteiger charge is 2.21. The lowest BCUT2D eigenvalue weighted by Gasteiger charge is -2.23. The van der Waals surface area contributed by atoms with Crippen molar-refractivity contribution in [2.24, 2.45) is 0 Å². The van der Waals surface area contributed by atoms with Crippen molar-refractivity contribution in [3.63, 3.8) is 0 Å². The Morgan fingerprint density at radius 3 is 1.50 bits per heavy atom. The predicted molar refractivity (Wildman–Crippen MR) is 163 cm³/mol. The Kier molecular flexibility index (Phi) is 25.8. The van der Waals surface area contributed by atoms with Gasteiger partial charge in [-0.2, -0.15) is 0 Å². The third kappa shape index (κ3) is 31.2. The Morgan fingerprint density at radius 1 is 0.591 bits per heavy atom. The minimum absolute atomic E-state index is 0.125. The van der Waals surface area contributed by atoms with E-state index >= 15 is 0 Å². The first-order chi connectivity index (χ1) is 20.9. The molecule has 14 heteroatoms. The summed E-state index contributed by atoms with van der Waals surface area (Å²) in [6.07, 6.45) is -1.02. The number of methoxy groups -OCH3 is 1. The zero-order valence-electron chi connectivity index (χ0n) is 27.9. The van der Waals surface area contributed by atoms with Crippen molar-refractivity contribution in [3.8, 4) is 12.0 Å². The number of hydrogen-bond donors (Lipinski definition) is 1. The van der Waals surface area contributed by atoms with E-state index < -0.39 is 23.4 Å². The maximum absolute atomic E-state index is 12.5. The zero-order valence-corrected chi connectivity index (χ0v) is 27.9. The molecule has 0 radical (unpaired) electrons. The van der Waals surface area contributed by atoms with Crippen molar-refractivity contribution < 1.29 is 57.0 Å². The molecule has 0 spiro atoms. The molecular formula is C30H56N2O12. The third-order valence-corrected chi connectivity index (χ3v) is 4.67. The highest BCUT2D eigenvalue weighted by molar-refractivity contribution is 5.70. The lowest BCUT2D eigenvalue weighted by Crippen LogP contribution is -2.36. The highest BCUT2D eigenvalue weighted by Crippen LogP contribution is 2.09. The molecule has 0 heterocycles. The van der Waals surface area contributed by atoms with E-state index in [0.717, 1.165) is 0 Å². The second kappa shape index (κ2) is 27.1. The molecule has 258 valence electrons. The summed E-state index contributed by atoms with van der Waals surface area (Å²) in [4.78, 5) is 25.3. The molecule has 0 atom stereocenters. The van der Waals surface area contributed by atoms with E-state index in [9.17, 15) is 9.59 Å². The molecule has 0 aliphatic heterocycles. The van der Waals surface area contributed by atoms with Crippen molar-refractivity contribution in [2.75, 3.05) is 119 Å². The van der Waals surface area contributed by atoms with Crippen LogP contribution in [-0.2, 0) is 47.4 Å². The molecule has 2 amide bonds. The predicted octanol–water partition coefficient (Wildman–Crippen LogP) is 2.47. The molecule has 0 aromatic rings. The van der Waals surface area contributed by atoms with Crippen LogP contribution in [0.15, 0.2) is 0 Å². The van der Waals surface area contributed by atoms with Crippen LogP contribution in [0.2, 0.25) is 0 Å². The van der Waals surface area contributed by atoms with Gasteiger partial charge in [0, 0.05) is 19.7 Å². The highest BCUT2D eigenvalue weighted by atomic mass is 16.6. The van der Waals surface area contributed by atoms with E-state index in [0.29, 0.717) is 92.4 Å². The summed E-state index contributed by atoms with van der Waals surface area (Å²) in [5.41, 5.74) is -1.18. The van der Waals surface area contributed by atoms with Crippen molar-refractivity contribution in [1.29, 1.82) is 0 Å². The van der Waals surface area contributed by atoms with Gasteiger partial charge < -0.3 is 52.7 Å². The van der Waals surface area contributed by atoms with Crippen LogP contribution in [0.4, 0.5) is 9.59 Å². The van der Waals surface area contributed by atoms with Crippen LogP contribution in [0, 0.1) is 12.0 Å². The van der Waals surface area contributed by atoms with E-state index in [1.54, 1.807) is 48.7 Å². The van der Waals surface area contributed by atoms with Gasteiger partial charge in [-0.1, -0.05) is 5.92 Å². The molecule has 0 aromatic carbocycles. The maximum Gasteiger partial charge on any atom is 0.422 e. The van der Waals surface area contributed by atoms with Gasteiger partial charge in [0.1, 0.15) is 17.8 Å². The van der Waals surface area contributed by atoms with E-state index in [2.05, 4.69) is 17.3 Å². The van der Waals surface area contributed by atoms with Crippen LogP contribution in [0.3, 0.4) is 0 Å². The minimum atomic E-state index is -0.650. The van der Waals surface area contributed by atoms with Crippen LogP contribution in [-0.4, -0.2) is 148 Å². The molecule has 0 unspecified atom stereocenters. The lowest BCUT2D eigenvalue weighted by molar-refractivity contribution is -0.000194.